The minimum absolute atomic E-state index is 0.123. The average molecular weight is 460 g/mol. The van der Waals surface area contributed by atoms with Crippen LogP contribution in [0.25, 0.3) is 0 Å². The highest BCUT2D eigenvalue weighted by atomic mass is 35.5. The minimum atomic E-state index is -0.412. The first-order valence-electron chi connectivity index (χ1n) is 8.89. The molecule has 154 valence electrons. The normalized spacial score (nSPS) is 11.5. The number of thioether (sulfide) groups is 1. The number of amides is 1. The molecule has 0 saturated carbocycles. The Labute approximate surface area is 187 Å². The number of para-hydroxylation sites is 1. The number of benzene rings is 1. The van der Waals surface area contributed by atoms with Gasteiger partial charge in [-0.15, -0.1) is 28.1 Å². The van der Waals surface area contributed by atoms with Crippen LogP contribution in [0.4, 0.5) is 5.00 Å². The maximum Gasteiger partial charge on any atom is 0.235 e. The first-order valence-corrected chi connectivity index (χ1v) is 11.1. The van der Waals surface area contributed by atoms with Gasteiger partial charge in [0.1, 0.15) is 16.8 Å². The maximum absolute atomic E-state index is 12.3. The van der Waals surface area contributed by atoms with Crippen molar-refractivity contribution in [2.45, 2.75) is 24.7 Å². The van der Waals surface area contributed by atoms with Crippen molar-refractivity contribution in [3.05, 3.63) is 64.8 Å². The third-order valence-electron chi connectivity index (χ3n) is 3.93. The van der Waals surface area contributed by atoms with Gasteiger partial charge in [-0.3, -0.25) is 9.36 Å². The number of nitrogens with zero attached hydrogens (tertiary/aromatic N) is 4. The van der Waals surface area contributed by atoms with Crippen LogP contribution >= 0.6 is 34.7 Å². The van der Waals surface area contributed by atoms with Crippen LogP contribution < -0.4 is 10.1 Å². The lowest BCUT2D eigenvalue weighted by Gasteiger charge is -2.16. The number of anilines is 1. The quantitative estimate of drug-likeness (QED) is 0.360. The number of carbonyl (C=O) groups excluding carboxylic acids is 1. The van der Waals surface area contributed by atoms with E-state index < -0.39 is 6.10 Å². The zero-order valence-corrected chi connectivity index (χ0v) is 18.4. The molecule has 0 saturated heterocycles. The Kier molecular flexibility index (Phi) is 7.52. The second kappa shape index (κ2) is 10.3. The first-order chi connectivity index (χ1) is 14.5. The Bertz CT molecular complexity index is 1090. The molecule has 0 aliphatic rings. The molecule has 30 heavy (non-hydrogen) atoms. The second-order valence-electron chi connectivity index (χ2n) is 6.04. The summed E-state index contributed by atoms with van der Waals surface area (Å²) in [6, 6.07) is 10.9. The number of thiophene rings is 1. The molecule has 3 rings (SSSR count). The van der Waals surface area contributed by atoms with Crippen LogP contribution in [0.15, 0.2) is 53.5 Å². The highest BCUT2D eigenvalue weighted by Gasteiger charge is 2.20. The fourth-order valence-corrected chi connectivity index (χ4v) is 4.27. The van der Waals surface area contributed by atoms with Gasteiger partial charge in [0.25, 0.3) is 0 Å². The van der Waals surface area contributed by atoms with Crippen molar-refractivity contribution in [3.63, 3.8) is 0 Å². The van der Waals surface area contributed by atoms with Gasteiger partial charge in [-0.1, -0.05) is 41.6 Å². The van der Waals surface area contributed by atoms with Crippen molar-refractivity contribution >= 4 is 45.6 Å². The molecule has 0 spiro atoms. The molecule has 0 aliphatic carbocycles. The maximum atomic E-state index is 12.3. The van der Waals surface area contributed by atoms with Crippen LogP contribution in [0, 0.1) is 11.3 Å². The number of hydrogen-bond donors (Lipinski definition) is 1. The molecule has 1 atom stereocenters. The van der Waals surface area contributed by atoms with Crippen LogP contribution in [-0.4, -0.2) is 26.4 Å². The van der Waals surface area contributed by atoms with Gasteiger partial charge < -0.3 is 10.1 Å². The number of aromatic nitrogens is 3. The van der Waals surface area contributed by atoms with E-state index in [0.717, 1.165) is 0 Å². The van der Waals surface area contributed by atoms with E-state index in [1.54, 1.807) is 29.7 Å². The Morgan fingerprint density at radius 2 is 2.27 bits per heavy atom. The lowest BCUT2D eigenvalue weighted by Crippen LogP contribution is -2.15. The largest absolute Gasteiger partial charge is 0.481 e. The lowest BCUT2D eigenvalue weighted by molar-refractivity contribution is -0.113. The Hall–Kier alpha value is -2.80. The lowest BCUT2D eigenvalue weighted by atomic mass is 10.3. The summed E-state index contributed by atoms with van der Waals surface area (Å²) in [6.07, 6.45) is 1.31. The van der Waals surface area contributed by atoms with Crippen molar-refractivity contribution in [2.24, 2.45) is 0 Å². The van der Waals surface area contributed by atoms with E-state index in [2.05, 4.69) is 22.1 Å². The number of carbonyl (C=O) groups is 1. The summed E-state index contributed by atoms with van der Waals surface area (Å²) >= 11 is 8.73. The van der Waals surface area contributed by atoms with Gasteiger partial charge in [0.05, 0.1) is 16.3 Å². The minimum Gasteiger partial charge on any atom is -0.481 e. The van der Waals surface area contributed by atoms with E-state index in [4.69, 9.17) is 21.6 Å². The molecule has 0 bridgehead atoms. The van der Waals surface area contributed by atoms with Crippen molar-refractivity contribution in [1.82, 2.24) is 14.8 Å². The number of rotatable bonds is 9. The number of hydrogen-bond acceptors (Lipinski definition) is 7. The summed E-state index contributed by atoms with van der Waals surface area (Å²) < 4.78 is 7.79. The molecule has 1 N–H and O–H groups in total. The molecular weight excluding hydrogens is 442 g/mol. The SMILES string of the molecule is C=CCn1c(SCC(=O)Nc2sccc2C#N)nnc1C(C)Oc1ccccc1Cl. The third kappa shape index (κ3) is 5.21. The Morgan fingerprint density at radius 1 is 1.47 bits per heavy atom. The number of halogens is 1. The summed E-state index contributed by atoms with van der Waals surface area (Å²) in [7, 11) is 0. The summed E-state index contributed by atoms with van der Waals surface area (Å²) in [5.74, 6) is 1.05. The smallest absolute Gasteiger partial charge is 0.235 e. The highest BCUT2D eigenvalue weighted by Crippen LogP contribution is 2.29. The Balaban J connectivity index is 1.69. The molecule has 0 aliphatic heterocycles. The molecule has 3 aromatic rings. The zero-order chi connectivity index (χ0) is 21.5. The van der Waals surface area contributed by atoms with Gasteiger partial charge in [0, 0.05) is 6.54 Å². The molecule has 0 fully saturated rings. The van der Waals surface area contributed by atoms with Crippen LogP contribution in [0.5, 0.6) is 5.75 Å². The summed E-state index contributed by atoms with van der Waals surface area (Å²) in [6.45, 7) is 6.10. The van der Waals surface area contributed by atoms with Crippen LogP contribution in [0.3, 0.4) is 0 Å². The van der Waals surface area contributed by atoms with Crippen molar-refractivity contribution in [2.75, 3.05) is 11.1 Å². The molecule has 1 amide bonds. The number of ether oxygens (including phenoxy) is 1. The van der Waals surface area contributed by atoms with Crippen LogP contribution in [0.2, 0.25) is 5.02 Å². The van der Waals surface area contributed by atoms with Crippen molar-refractivity contribution in [1.29, 1.82) is 5.26 Å². The third-order valence-corrected chi connectivity index (χ3v) is 6.04. The van der Waals surface area contributed by atoms with Crippen molar-refractivity contribution < 1.29 is 9.53 Å². The predicted molar refractivity (Wildman–Crippen MR) is 119 cm³/mol. The fraction of sp³-hybridized carbons (Fsp3) is 0.200. The topological polar surface area (TPSA) is 92.8 Å². The van der Waals surface area contributed by atoms with E-state index in [9.17, 15) is 4.79 Å². The van der Waals surface area contributed by atoms with Gasteiger partial charge in [-0.05, 0) is 30.5 Å². The fourth-order valence-electron chi connectivity index (χ4n) is 2.58. The van der Waals surface area contributed by atoms with Crippen LogP contribution in [-0.2, 0) is 11.3 Å². The molecule has 10 heteroatoms. The van der Waals surface area contributed by atoms with E-state index in [-0.39, 0.29) is 11.7 Å². The molecule has 7 nitrogen and oxygen atoms in total. The van der Waals surface area contributed by atoms with Gasteiger partial charge in [0.15, 0.2) is 17.1 Å². The number of nitriles is 1. The monoisotopic (exact) mass is 459 g/mol. The van der Waals surface area contributed by atoms with Gasteiger partial charge >= 0.3 is 0 Å². The molecular formula is C20H18ClN5O2S2. The second-order valence-corrected chi connectivity index (χ2v) is 8.31. The summed E-state index contributed by atoms with van der Waals surface area (Å²) in [5, 5.41) is 23.6. The van der Waals surface area contributed by atoms with E-state index in [1.807, 2.05) is 29.7 Å². The average Bonchev–Trinajstić information content (AvgIpc) is 3.35. The standard InChI is InChI=1S/C20H18ClN5O2S2/c1-3-9-26-18(13(2)28-16-7-5-4-6-15(16)21)24-25-20(26)30-12-17(27)23-19-14(11-22)8-10-29-19/h3-8,10,13H,1,9,12H2,2H3,(H,23,27). The molecule has 1 unspecified atom stereocenters. The molecule has 2 aromatic heterocycles. The zero-order valence-electron chi connectivity index (χ0n) is 16.0. The highest BCUT2D eigenvalue weighted by molar-refractivity contribution is 7.99. The van der Waals surface area contributed by atoms with Crippen LogP contribution in [0.1, 0.15) is 24.4 Å². The number of allylic oxidation sites excluding steroid dienone is 1. The van der Waals surface area contributed by atoms with Gasteiger partial charge in [0.2, 0.25) is 5.91 Å². The van der Waals surface area contributed by atoms with Gasteiger partial charge in [-0.25, -0.2) is 0 Å². The van der Waals surface area contributed by atoms with Crippen molar-refractivity contribution in [3.8, 4) is 11.8 Å². The van der Waals surface area contributed by atoms with E-state index in [1.165, 1.54) is 23.1 Å². The molecule has 0 radical (unpaired) electrons. The number of nitrogens with one attached hydrogen (secondary N) is 1. The summed E-state index contributed by atoms with van der Waals surface area (Å²) in [4.78, 5) is 12.3. The summed E-state index contributed by atoms with van der Waals surface area (Å²) in [5.41, 5.74) is 0.445. The van der Waals surface area contributed by atoms with E-state index in [0.29, 0.717) is 38.9 Å². The molecule has 2 heterocycles. The van der Waals surface area contributed by atoms with Gasteiger partial charge in [-0.2, -0.15) is 5.26 Å². The molecule has 1 aromatic carbocycles. The Morgan fingerprint density at radius 3 is 3.00 bits per heavy atom. The predicted octanol–water partition coefficient (Wildman–Crippen LogP) is 4.92. The van der Waals surface area contributed by atoms with E-state index >= 15 is 0 Å². The first kappa shape index (κ1) is 21.9.